The molecule has 0 bridgehead atoms. The molecule has 1 aliphatic rings. The molecule has 3 atom stereocenters. The molecule has 4 amide bonds. The van der Waals surface area contributed by atoms with Gasteiger partial charge in [-0.1, -0.05) is 78.1 Å². The maximum absolute atomic E-state index is 13.0. The number of hydrogen-bond acceptors (Lipinski definition) is 9. The van der Waals surface area contributed by atoms with Crippen LogP contribution in [0.4, 0.5) is 0 Å². The topological polar surface area (TPSA) is 199 Å². The number of carboxylic acid groups (broad SMARTS) is 2. The molecule has 0 spiro atoms. The van der Waals surface area contributed by atoms with Gasteiger partial charge in [0.2, 0.25) is 23.6 Å². The van der Waals surface area contributed by atoms with Gasteiger partial charge in [-0.3, -0.25) is 39.0 Å². The number of nitrogens with zero attached hydrogens (tertiary/aromatic N) is 1. The number of carbonyl (C=O) groups excluding carboxylic acids is 5. The summed E-state index contributed by atoms with van der Waals surface area (Å²) >= 11 is 1.20. The number of imide groups is 1. The number of hydrogen-bond donors (Lipinski definition) is 5. The maximum Gasteiger partial charge on any atom is 0.326 e. The van der Waals surface area contributed by atoms with E-state index in [0.717, 1.165) is 51.4 Å². The van der Waals surface area contributed by atoms with Crippen LogP contribution in [0.5, 0.6) is 0 Å². The fraction of sp³-hybridized carbons (Fsp3) is 0.811. The number of aliphatic carboxylic acids is 2. The SMILES string of the molecule is CC(C)NC(SC1CC(=O)N(CCCCNC(=O)CCC(NC(=O)CCCCCCCCCCCCCCC(=O)O)C(=O)O)C1=O)C(=O)C(C)C. The van der Waals surface area contributed by atoms with Crippen molar-refractivity contribution >= 4 is 53.1 Å². The molecule has 1 aliphatic heterocycles. The van der Waals surface area contributed by atoms with Gasteiger partial charge in [0.15, 0.2) is 5.78 Å². The van der Waals surface area contributed by atoms with Crippen LogP contribution in [-0.2, 0) is 33.6 Å². The molecular weight excluding hydrogens is 676 g/mol. The summed E-state index contributed by atoms with van der Waals surface area (Å²) in [5, 5.41) is 25.5. The molecule has 1 fully saturated rings. The molecular formula is C37H64N4O9S. The molecule has 0 saturated carbocycles. The molecule has 14 heteroatoms. The summed E-state index contributed by atoms with van der Waals surface area (Å²) in [6.07, 6.45) is 13.8. The lowest BCUT2D eigenvalue weighted by molar-refractivity contribution is -0.142. The van der Waals surface area contributed by atoms with E-state index in [1.165, 1.54) is 35.9 Å². The third kappa shape index (κ3) is 21.2. The first-order valence-corrected chi connectivity index (χ1v) is 20.0. The molecule has 51 heavy (non-hydrogen) atoms. The van der Waals surface area contributed by atoms with E-state index in [1.807, 2.05) is 27.7 Å². The van der Waals surface area contributed by atoms with Crippen LogP contribution in [0.1, 0.15) is 150 Å². The third-order valence-electron chi connectivity index (χ3n) is 8.78. The number of nitrogens with one attached hydrogen (secondary N) is 3. The fourth-order valence-corrected chi connectivity index (χ4v) is 7.36. The van der Waals surface area contributed by atoms with Crippen molar-refractivity contribution in [1.82, 2.24) is 20.9 Å². The number of thioether (sulfide) groups is 1. The number of carboxylic acids is 2. The lowest BCUT2D eigenvalue weighted by Crippen LogP contribution is -2.42. The van der Waals surface area contributed by atoms with Crippen molar-refractivity contribution in [3.05, 3.63) is 0 Å². The minimum atomic E-state index is -1.19. The van der Waals surface area contributed by atoms with E-state index in [1.54, 1.807) is 0 Å². The van der Waals surface area contributed by atoms with Gasteiger partial charge in [0.05, 0.1) is 5.25 Å². The van der Waals surface area contributed by atoms with Crippen LogP contribution in [0.25, 0.3) is 0 Å². The first kappa shape index (κ1) is 46.0. The Morgan fingerprint density at radius 1 is 0.745 bits per heavy atom. The summed E-state index contributed by atoms with van der Waals surface area (Å²) in [6.45, 7) is 7.98. The number of Topliss-reactive ketones (excluding diaryl/α,β-unsaturated/α-hetero) is 1. The normalized spacial score (nSPS) is 15.7. The van der Waals surface area contributed by atoms with E-state index in [9.17, 15) is 38.7 Å². The van der Waals surface area contributed by atoms with Gasteiger partial charge in [0, 0.05) is 50.7 Å². The van der Waals surface area contributed by atoms with Crippen molar-refractivity contribution in [3.63, 3.8) is 0 Å². The summed E-state index contributed by atoms with van der Waals surface area (Å²) < 4.78 is 0. The molecule has 5 N–H and O–H groups in total. The van der Waals surface area contributed by atoms with Gasteiger partial charge < -0.3 is 20.8 Å². The number of likely N-dealkylation sites (tertiary alicyclic amines) is 1. The van der Waals surface area contributed by atoms with Crippen molar-refractivity contribution in [1.29, 1.82) is 0 Å². The molecule has 3 unspecified atom stereocenters. The Morgan fingerprint density at radius 2 is 1.29 bits per heavy atom. The Hall–Kier alpha value is -3.00. The van der Waals surface area contributed by atoms with Crippen LogP contribution in [0.15, 0.2) is 0 Å². The number of rotatable bonds is 31. The van der Waals surface area contributed by atoms with Crippen molar-refractivity contribution < 1.29 is 43.8 Å². The second-order valence-corrected chi connectivity index (χ2v) is 15.5. The fourth-order valence-electron chi connectivity index (χ4n) is 5.79. The molecule has 0 aromatic heterocycles. The van der Waals surface area contributed by atoms with Crippen molar-refractivity contribution in [2.24, 2.45) is 5.92 Å². The zero-order chi connectivity index (χ0) is 38.2. The highest BCUT2D eigenvalue weighted by atomic mass is 32.2. The predicted octanol–water partition coefficient (Wildman–Crippen LogP) is 5.19. The molecule has 0 aromatic rings. The van der Waals surface area contributed by atoms with Gasteiger partial charge >= 0.3 is 11.9 Å². The Balaban J connectivity index is 2.20. The van der Waals surface area contributed by atoms with E-state index in [4.69, 9.17) is 5.11 Å². The van der Waals surface area contributed by atoms with Crippen molar-refractivity contribution in [3.8, 4) is 0 Å². The third-order valence-corrected chi connectivity index (χ3v) is 10.1. The van der Waals surface area contributed by atoms with Gasteiger partial charge in [0.1, 0.15) is 11.4 Å². The molecule has 1 saturated heterocycles. The van der Waals surface area contributed by atoms with Gasteiger partial charge in [-0.25, -0.2) is 4.79 Å². The summed E-state index contributed by atoms with van der Waals surface area (Å²) in [5.74, 6) is -3.38. The number of carbonyl (C=O) groups is 7. The molecule has 1 heterocycles. The first-order chi connectivity index (χ1) is 24.2. The largest absolute Gasteiger partial charge is 0.481 e. The van der Waals surface area contributed by atoms with E-state index in [2.05, 4.69) is 16.0 Å². The Kier molecular flexibility index (Phi) is 24.1. The minimum Gasteiger partial charge on any atom is -0.481 e. The molecule has 0 aromatic carbocycles. The molecule has 1 rings (SSSR count). The monoisotopic (exact) mass is 740 g/mol. The highest BCUT2D eigenvalue weighted by Crippen LogP contribution is 2.29. The van der Waals surface area contributed by atoms with E-state index < -0.39 is 28.6 Å². The van der Waals surface area contributed by atoms with Gasteiger partial charge in [0.25, 0.3) is 0 Å². The molecule has 13 nitrogen and oxygen atoms in total. The Morgan fingerprint density at radius 3 is 1.80 bits per heavy atom. The highest BCUT2D eigenvalue weighted by Gasteiger charge is 2.41. The number of unbranched alkanes of at least 4 members (excludes halogenated alkanes) is 12. The molecule has 0 radical (unpaired) electrons. The minimum absolute atomic E-state index is 0.0130. The summed E-state index contributed by atoms with van der Waals surface area (Å²) in [7, 11) is 0. The summed E-state index contributed by atoms with van der Waals surface area (Å²) in [5.41, 5.74) is 0. The van der Waals surface area contributed by atoms with E-state index >= 15 is 0 Å². The van der Waals surface area contributed by atoms with Crippen LogP contribution in [0, 0.1) is 5.92 Å². The predicted molar refractivity (Wildman–Crippen MR) is 198 cm³/mol. The van der Waals surface area contributed by atoms with Gasteiger partial charge in [-0.15, -0.1) is 11.8 Å². The second kappa shape index (κ2) is 26.7. The van der Waals surface area contributed by atoms with Crippen molar-refractivity contribution in [2.45, 2.75) is 172 Å². The summed E-state index contributed by atoms with van der Waals surface area (Å²) in [6, 6.07) is -1.11. The lowest BCUT2D eigenvalue weighted by atomic mass is 10.0. The van der Waals surface area contributed by atoms with Crippen LogP contribution < -0.4 is 16.0 Å². The zero-order valence-corrected chi connectivity index (χ0v) is 32.2. The lowest BCUT2D eigenvalue weighted by Gasteiger charge is -2.23. The van der Waals surface area contributed by atoms with Crippen LogP contribution in [0.2, 0.25) is 0 Å². The van der Waals surface area contributed by atoms with Crippen molar-refractivity contribution in [2.75, 3.05) is 13.1 Å². The quantitative estimate of drug-likeness (QED) is 0.0356. The van der Waals surface area contributed by atoms with Crippen LogP contribution in [-0.4, -0.2) is 92.3 Å². The van der Waals surface area contributed by atoms with Crippen LogP contribution in [0.3, 0.4) is 0 Å². The highest BCUT2D eigenvalue weighted by molar-refractivity contribution is 8.01. The van der Waals surface area contributed by atoms with E-state index in [-0.39, 0.29) is 80.0 Å². The summed E-state index contributed by atoms with van der Waals surface area (Å²) in [4.78, 5) is 86.3. The Bertz CT molecular complexity index is 1120. The van der Waals surface area contributed by atoms with Crippen LogP contribution >= 0.6 is 11.8 Å². The molecule has 292 valence electrons. The van der Waals surface area contributed by atoms with E-state index in [0.29, 0.717) is 25.8 Å². The average molecular weight is 741 g/mol. The number of ketones is 1. The smallest absolute Gasteiger partial charge is 0.326 e. The average Bonchev–Trinajstić information content (AvgIpc) is 3.32. The molecule has 0 aliphatic carbocycles. The first-order valence-electron chi connectivity index (χ1n) is 19.0. The standard InChI is InChI=1S/C37H64N4O9S/c1-26(2)34(47)35(39-27(3)4)51-29-25-32(44)41(36(29)48)24-18-17-23-38-30(42)22-21-28(37(49)50)40-31(43)19-15-13-11-9-7-5-6-8-10-12-14-16-20-33(45)46/h26-29,35,39H,5-25H2,1-4H3,(H,38,42)(H,40,43)(H,45,46)(H,49,50). The Labute approximate surface area is 308 Å². The number of amides is 4. The van der Waals surface area contributed by atoms with Gasteiger partial charge in [-0.2, -0.15) is 0 Å². The zero-order valence-electron chi connectivity index (χ0n) is 31.3. The maximum atomic E-state index is 13.0. The van der Waals surface area contributed by atoms with Gasteiger partial charge in [-0.05, 0) is 46.0 Å². The second-order valence-electron chi connectivity index (χ2n) is 14.2.